The van der Waals surface area contributed by atoms with E-state index in [1.165, 1.54) is 12.1 Å². The molecule has 0 aliphatic carbocycles. The Kier molecular flexibility index (Phi) is 4.16. The van der Waals surface area contributed by atoms with Gasteiger partial charge in [0, 0.05) is 17.4 Å². The average Bonchev–Trinajstić information content (AvgIpc) is 3.00. The number of nitrogens with one attached hydrogen (secondary N) is 1. The summed E-state index contributed by atoms with van der Waals surface area (Å²) in [6, 6.07) is 13.3. The van der Waals surface area contributed by atoms with Gasteiger partial charge in [0.15, 0.2) is 0 Å². The Balaban J connectivity index is 2.16. The van der Waals surface area contributed by atoms with E-state index in [-0.39, 0.29) is 5.16 Å². The van der Waals surface area contributed by atoms with E-state index in [9.17, 15) is 21.6 Å². The van der Waals surface area contributed by atoms with Gasteiger partial charge < -0.3 is 4.98 Å². The molecule has 0 aliphatic rings. The van der Waals surface area contributed by atoms with E-state index in [1.54, 1.807) is 30.3 Å². The van der Waals surface area contributed by atoms with Crippen LogP contribution in [0.4, 0.5) is 13.2 Å². The van der Waals surface area contributed by atoms with Crippen molar-refractivity contribution < 1.29 is 21.6 Å². The van der Waals surface area contributed by atoms with Crippen molar-refractivity contribution in [3.8, 4) is 22.5 Å². The minimum atomic E-state index is -4.44. The van der Waals surface area contributed by atoms with Crippen molar-refractivity contribution in [2.45, 2.75) is 11.3 Å². The van der Waals surface area contributed by atoms with Gasteiger partial charge in [0.2, 0.25) is 15.0 Å². The molecule has 1 heterocycles. The molecule has 0 atom stereocenters. The van der Waals surface area contributed by atoms with Gasteiger partial charge in [-0.2, -0.15) is 13.2 Å². The van der Waals surface area contributed by atoms with Gasteiger partial charge in [-0.3, -0.25) is 0 Å². The predicted octanol–water partition coefficient (Wildman–Crippen LogP) is 4.17. The van der Waals surface area contributed by atoms with E-state index in [4.69, 9.17) is 0 Å². The van der Waals surface area contributed by atoms with Crippen molar-refractivity contribution in [1.29, 1.82) is 0 Å². The summed E-state index contributed by atoms with van der Waals surface area (Å²) in [4.78, 5) is 6.85. The van der Waals surface area contributed by atoms with E-state index < -0.39 is 21.6 Å². The van der Waals surface area contributed by atoms with E-state index in [0.717, 1.165) is 18.4 Å². The van der Waals surface area contributed by atoms with Crippen LogP contribution < -0.4 is 0 Å². The molecule has 0 saturated heterocycles. The first-order chi connectivity index (χ1) is 11.7. The molecule has 0 radical (unpaired) electrons. The van der Waals surface area contributed by atoms with Crippen molar-refractivity contribution in [1.82, 2.24) is 9.97 Å². The number of alkyl halides is 3. The number of halogens is 3. The normalized spacial score (nSPS) is 12.3. The van der Waals surface area contributed by atoms with Crippen LogP contribution in [-0.2, 0) is 16.0 Å². The van der Waals surface area contributed by atoms with Crippen molar-refractivity contribution in [3.63, 3.8) is 0 Å². The van der Waals surface area contributed by atoms with Gasteiger partial charge in [-0.15, -0.1) is 0 Å². The first kappa shape index (κ1) is 17.2. The summed E-state index contributed by atoms with van der Waals surface area (Å²) in [5.74, 6) is 0. The number of sulfone groups is 1. The van der Waals surface area contributed by atoms with Crippen LogP contribution in [-0.4, -0.2) is 24.6 Å². The Labute approximate surface area is 142 Å². The van der Waals surface area contributed by atoms with Crippen LogP contribution in [0.25, 0.3) is 22.5 Å². The highest BCUT2D eigenvalue weighted by molar-refractivity contribution is 7.90. The number of aromatic nitrogens is 2. The van der Waals surface area contributed by atoms with Gasteiger partial charge >= 0.3 is 6.18 Å². The summed E-state index contributed by atoms with van der Waals surface area (Å²) in [6.45, 7) is 0. The maximum absolute atomic E-state index is 12.7. The molecule has 0 spiro atoms. The van der Waals surface area contributed by atoms with E-state index in [2.05, 4.69) is 9.97 Å². The summed E-state index contributed by atoms with van der Waals surface area (Å²) in [6.07, 6.45) is -3.43. The number of hydrogen-bond donors (Lipinski definition) is 1. The van der Waals surface area contributed by atoms with Gasteiger partial charge in [-0.25, -0.2) is 13.4 Å². The molecule has 1 aromatic heterocycles. The molecule has 0 amide bonds. The first-order valence-corrected chi connectivity index (χ1v) is 9.08. The van der Waals surface area contributed by atoms with Crippen molar-refractivity contribution >= 4 is 9.84 Å². The fourth-order valence-corrected chi connectivity index (χ4v) is 2.91. The predicted molar refractivity (Wildman–Crippen MR) is 87.6 cm³/mol. The molecule has 0 fully saturated rings. The highest BCUT2D eigenvalue weighted by Gasteiger charge is 2.30. The van der Waals surface area contributed by atoms with E-state index >= 15 is 0 Å². The van der Waals surface area contributed by atoms with Crippen LogP contribution in [0.2, 0.25) is 0 Å². The lowest BCUT2D eigenvalue weighted by Crippen LogP contribution is -2.04. The lowest BCUT2D eigenvalue weighted by molar-refractivity contribution is -0.137. The summed E-state index contributed by atoms with van der Waals surface area (Å²) in [7, 11) is -3.60. The Morgan fingerprint density at radius 1 is 0.920 bits per heavy atom. The number of rotatable bonds is 3. The Morgan fingerprint density at radius 3 is 2.04 bits per heavy atom. The molecule has 2 aromatic carbocycles. The van der Waals surface area contributed by atoms with Crippen LogP contribution in [0.15, 0.2) is 59.8 Å². The largest absolute Gasteiger partial charge is 0.416 e. The number of nitrogens with zero attached hydrogens (tertiary/aromatic N) is 1. The second-order valence-corrected chi connectivity index (χ2v) is 7.41. The van der Waals surface area contributed by atoms with E-state index in [0.29, 0.717) is 22.5 Å². The molecule has 0 saturated carbocycles. The van der Waals surface area contributed by atoms with Crippen LogP contribution in [0.5, 0.6) is 0 Å². The summed E-state index contributed by atoms with van der Waals surface area (Å²) in [5.41, 5.74) is 0.999. The third-order valence-corrected chi connectivity index (χ3v) is 4.48. The molecular formula is C17H13F3N2O2S. The highest BCUT2D eigenvalue weighted by atomic mass is 32.2. The molecule has 0 unspecified atom stereocenters. The topological polar surface area (TPSA) is 62.8 Å². The quantitative estimate of drug-likeness (QED) is 0.757. The third-order valence-electron chi connectivity index (χ3n) is 3.58. The zero-order valence-electron chi connectivity index (χ0n) is 13.0. The maximum atomic E-state index is 12.7. The number of benzene rings is 2. The van der Waals surface area contributed by atoms with Gasteiger partial charge in [0.25, 0.3) is 0 Å². The fraction of sp³-hybridized carbons (Fsp3) is 0.118. The zero-order chi connectivity index (χ0) is 18.2. The Morgan fingerprint density at radius 2 is 1.52 bits per heavy atom. The smallest absolute Gasteiger partial charge is 0.328 e. The molecule has 8 heteroatoms. The number of H-pyrrole nitrogens is 1. The second kappa shape index (κ2) is 6.03. The Bertz CT molecular complexity index is 993. The van der Waals surface area contributed by atoms with Gasteiger partial charge in [0.05, 0.1) is 17.0 Å². The maximum Gasteiger partial charge on any atom is 0.416 e. The second-order valence-electron chi connectivity index (χ2n) is 5.48. The van der Waals surface area contributed by atoms with Crippen LogP contribution >= 0.6 is 0 Å². The highest BCUT2D eigenvalue weighted by Crippen LogP contribution is 2.34. The number of hydrogen-bond acceptors (Lipinski definition) is 3. The lowest BCUT2D eigenvalue weighted by atomic mass is 10.0. The summed E-state index contributed by atoms with van der Waals surface area (Å²) < 4.78 is 61.8. The molecule has 4 nitrogen and oxygen atoms in total. The fourth-order valence-electron chi connectivity index (χ4n) is 2.37. The zero-order valence-corrected chi connectivity index (χ0v) is 13.8. The molecular weight excluding hydrogens is 353 g/mol. The SMILES string of the molecule is CS(=O)(=O)c1nc(-c2ccccc2)c(-c2ccc(C(F)(F)F)cc2)[nH]1. The molecule has 0 aliphatic heterocycles. The van der Waals surface area contributed by atoms with Crippen molar-refractivity contribution in [3.05, 3.63) is 60.2 Å². The molecule has 130 valence electrons. The molecule has 1 N–H and O–H groups in total. The van der Waals surface area contributed by atoms with Crippen LogP contribution in [0.1, 0.15) is 5.56 Å². The van der Waals surface area contributed by atoms with Crippen LogP contribution in [0.3, 0.4) is 0 Å². The van der Waals surface area contributed by atoms with Crippen molar-refractivity contribution in [2.75, 3.05) is 6.26 Å². The minimum absolute atomic E-state index is 0.235. The van der Waals surface area contributed by atoms with Gasteiger partial charge in [-0.1, -0.05) is 42.5 Å². The molecule has 3 aromatic rings. The number of aromatic amines is 1. The minimum Gasteiger partial charge on any atom is -0.328 e. The average molecular weight is 366 g/mol. The first-order valence-electron chi connectivity index (χ1n) is 7.19. The Hall–Kier alpha value is -2.61. The van der Waals surface area contributed by atoms with Crippen LogP contribution in [0, 0.1) is 0 Å². The lowest BCUT2D eigenvalue weighted by Gasteiger charge is -2.08. The standard InChI is InChI=1S/C17H13F3N2O2S/c1-25(23,24)16-21-14(11-5-3-2-4-6-11)15(22-16)12-7-9-13(10-8-12)17(18,19)20/h2-10H,1H3,(H,21,22). The third kappa shape index (κ3) is 3.58. The summed E-state index contributed by atoms with van der Waals surface area (Å²) >= 11 is 0. The molecule has 25 heavy (non-hydrogen) atoms. The van der Waals surface area contributed by atoms with Crippen molar-refractivity contribution in [2.24, 2.45) is 0 Å². The monoisotopic (exact) mass is 366 g/mol. The summed E-state index contributed by atoms with van der Waals surface area (Å²) in [5, 5.41) is -0.235. The van der Waals surface area contributed by atoms with E-state index in [1.807, 2.05) is 0 Å². The van der Waals surface area contributed by atoms with Gasteiger partial charge in [-0.05, 0) is 12.1 Å². The number of imidazole rings is 1. The molecule has 0 bridgehead atoms. The molecule has 3 rings (SSSR count). The van der Waals surface area contributed by atoms with Gasteiger partial charge in [0.1, 0.15) is 0 Å².